The smallest absolute Gasteiger partial charge is 0.406 e. The minimum atomic E-state index is -4.65. The largest absolute Gasteiger partial charge is 0.573 e. The number of nitrogens with zero attached hydrogens (tertiary/aromatic N) is 3. The summed E-state index contributed by atoms with van der Waals surface area (Å²) in [6, 6.07) is 10.5. The van der Waals surface area contributed by atoms with Gasteiger partial charge in [0.1, 0.15) is 5.75 Å². The lowest BCUT2D eigenvalue weighted by Crippen LogP contribution is -2.28. The number of ether oxygens (including phenoxy) is 1. The average molecular weight is 394 g/mol. The van der Waals surface area contributed by atoms with E-state index in [1.807, 2.05) is 18.3 Å². The van der Waals surface area contributed by atoms with E-state index in [0.717, 1.165) is 50.4 Å². The maximum atomic E-state index is 12.2. The summed E-state index contributed by atoms with van der Waals surface area (Å²) in [5.74, 6) is -0.182. The Kier molecular flexibility index (Phi) is 6.74. The van der Waals surface area contributed by atoms with Crippen LogP contribution in [0.15, 0.2) is 48.8 Å². The molecule has 2 heterocycles. The molecule has 1 aromatic carbocycles. The minimum absolute atomic E-state index is 0.182. The van der Waals surface area contributed by atoms with Crippen LogP contribution in [0.3, 0.4) is 0 Å². The molecule has 1 unspecified atom stereocenters. The van der Waals surface area contributed by atoms with Crippen LogP contribution >= 0.6 is 0 Å². The number of pyridine rings is 1. The van der Waals surface area contributed by atoms with Crippen molar-refractivity contribution >= 4 is 5.69 Å². The number of aromatic nitrogens is 1. The molecule has 1 aliphatic heterocycles. The molecule has 0 aliphatic carbocycles. The second kappa shape index (κ2) is 9.25. The fourth-order valence-electron chi connectivity index (χ4n) is 3.40. The Hall–Kier alpha value is -2.32. The molecule has 0 bridgehead atoms. The highest BCUT2D eigenvalue weighted by molar-refractivity contribution is 5.39. The van der Waals surface area contributed by atoms with Gasteiger partial charge in [-0.15, -0.1) is 13.2 Å². The van der Waals surface area contributed by atoms with E-state index in [4.69, 9.17) is 0 Å². The Labute approximate surface area is 163 Å². The maximum absolute atomic E-state index is 12.2. The lowest BCUT2D eigenvalue weighted by Gasteiger charge is -2.18. The summed E-state index contributed by atoms with van der Waals surface area (Å²) < 4.78 is 40.5. The van der Waals surface area contributed by atoms with E-state index in [2.05, 4.69) is 31.9 Å². The van der Waals surface area contributed by atoms with Crippen molar-refractivity contribution in [1.82, 2.24) is 14.8 Å². The van der Waals surface area contributed by atoms with E-state index in [1.165, 1.54) is 12.1 Å². The number of anilines is 1. The van der Waals surface area contributed by atoms with E-state index in [1.54, 1.807) is 18.3 Å². The highest BCUT2D eigenvalue weighted by atomic mass is 19.4. The summed E-state index contributed by atoms with van der Waals surface area (Å²) in [4.78, 5) is 8.80. The second-order valence-corrected chi connectivity index (χ2v) is 7.03. The Morgan fingerprint density at radius 3 is 2.68 bits per heavy atom. The fraction of sp³-hybridized carbons (Fsp3) is 0.450. The number of benzene rings is 1. The summed E-state index contributed by atoms with van der Waals surface area (Å²) in [5.41, 5.74) is 2.02. The minimum Gasteiger partial charge on any atom is -0.406 e. The van der Waals surface area contributed by atoms with Crippen molar-refractivity contribution in [2.24, 2.45) is 0 Å². The third kappa shape index (κ3) is 6.38. The third-order valence-electron chi connectivity index (χ3n) is 4.86. The topological polar surface area (TPSA) is 40.6 Å². The molecule has 0 saturated carbocycles. The molecule has 0 radical (unpaired) electrons. The predicted molar refractivity (Wildman–Crippen MR) is 102 cm³/mol. The highest BCUT2D eigenvalue weighted by Crippen LogP contribution is 2.23. The molecule has 1 fully saturated rings. The van der Waals surface area contributed by atoms with E-state index >= 15 is 0 Å². The quantitative estimate of drug-likeness (QED) is 0.741. The standard InChI is InChI=1S/C20H25F3N4O/c1-26-15-27(14-18(26)8-11-25-17-3-2-10-24-13-17)12-9-16-4-6-19(7-5-16)28-20(21,22)23/h2-7,10,13,18,25H,8-9,11-12,14-15H2,1H3. The first-order valence-electron chi connectivity index (χ1n) is 9.30. The van der Waals surface area contributed by atoms with Crippen LogP contribution in [0.2, 0.25) is 0 Å². The predicted octanol–water partition coefficient (Wildman–Crippen LogP) is 3.60. The molecular weight excluding hydrogens is 369 g/mol. The number of hydrogen-bond donors (Lipinski definition) is 1. The van der Waals surface area contributed by atoms with E-state index in [0.29, 0.717) is 6.04 Å². The molecule has 5 nitrogen and oxygen atoms in total. The van der Waals surface area contributed by atoms with Gasteiger partial charge in [0, 0.05) is 38.1 Å². The average Bonchev–Trinajstić information content (AvgIpc) is 3.01. The van der Waals surface area contributed by atoms with Gasteiger partial charge in [-0.25, -0.2) is 0 Å². The van der Waals surface area contributed by atoms with Crippen LogP contribution in [0, 0.1) is 0 Å². The van der Waals surface area contributed by atoms with Gasteiger partial charge in [-0.3, -0.25) is 14.8 Å². The summed E-state index contributed by atoms with van der Waals surface area (Å²) in [6.07, 6.45) is 0.745. The van der Waals surface area contributed by atoms with Crippen LogP contribution in [0.5, 0.6) is 5.75 Å². The van der Waals surface area contributed by atoms with Crippen molar-refractivity contribution in [3.05, 3.63) is 54.4 Å². The van der Waals surface area contributed by atoms with E-state index in [9.17, 15) is 13.2 Å². The molecule has 1 saturated heterocycles. The number of rotatable bonds is 8. The van der Waals surface area contributed by atoms with Gasteiger partial charge >= 0.3 is 6.36 Å². The fourth-order valence-corrected chi connectivity index (χ4v) is 3.40. The Bertz CT molecular complexity index is 724. The normalized spacial score (nSPS) is 18.4. The molecular formula is C20H25F3N4O. The van der Waals surface area contributed by atoms with Gasteiger partial charge in [-0.1, -0.05) is 12.1 Å². The molecule has 28 heavy (non-hydrogen) atoms. The van der Waals surface area contributed by atoms with Gasteiger partial charge in [-0.2, -0.15) is 0 Å². The van der Waals surface area contributed by atoms with Gasteiger partial charge in [0.2, 0.25) is 0 Å². The third-order valence-corrected chi connectivity index (χ3v) is 4.86. The van der Waals surface area contributed by atoms with Crippen LogP contribution in [0.4, 0.5) is 18.9 Å². The van der Waals surface area contributed by atoms with Crippen LogP contribution in [-0.2, 0) is 6.42 Å². The molecule has 2 aromatic rings. The number of halogens is 3. The number of hydrogen-bond acceptors (Lipinski definition) is 5. The molecule has 0 amide bonds. The Balaban J connectivity index is 1.39. The van der Waals surface area contributed by atoms with Crippen molar-refractivity contribution in [2.75, 3.05) is 38.7 Å². The summed E-state index contributed by atoms with van der Waals surface area (Å²) in [6.45, 7) is 3.64. The monoisotopic (exact) mass is 394 g/mol. The van der Waals surface area contributed by atoms with Gasteiger partial charge in [0.05, 0.1) is 12.4 Å². The van der Waals surface area contributed by atoms with Gasteiger partial charge < -0.3 is 10.1 Å². The zero-order chi connectivity index (χ0) is 20.0. The molecule has 3 rings (SSSR count). The van der Waals surface area contributed by atoms with E-state index < -0.39 is 6.36 Å². The Morgan fingerprint density at radius 1 is 1.21 bits per heavy atom. The highest BCUT2D eigenvalue weighted by Gasteiger charge is 2.31. The second-order valence-electron chi connectivity index (χ2n) is 7.03. The summed E-state index contributed by atoms with van der Waals surface area (Å²) in [7, 11) is 2.12. The summed E-state index contributed by atoms with van der Waals surface area (Å²) in [5, 5.41) is 3.39. The number of likely N-dealkylation sites (N-methyl/N-ethyl adjacent to an activating group) is 1. The van der Waals surface area contributed by atoms with Crippen molar-refractivity contribution in [3.63, 3.8) is 0 Å². The van der Waals surface area contributed by atoms with Crippen molar-refractivity contribution < 1.29 is 17.9 Å². The van der Waals surface area contributed by atoms with Crippen molar-refractivity contribution in [3.8, 4) is 5.75 Å². The molecule has 1 N–H and O–H groups in total. The van der Waals surface area contributed by atoms with E-state index in [-0.39, 0.29) is 5.75 Å². The lowest BCUT2D eigenvalue weighted by atomic mass is 10.1. The molecule has 1 aromatic heterocycles. The molecule has 8 heteroatoms. The van der Waals surface area contributed by atoms with Gasteiger partial charge in [0.15, 0.2) is 0 Å². The van der Waals surface area contributed by atoms with Crippen LogP contribution in [-0.4, -0.2) is 60.5 Å². The SMILES string of the molecule is CN1CN(CCc2ccc(OC(F)(F)F)cc2)CC1CCNc1cccnc1. The van der Waals surface area contributed by atoms with Crippen LogP contribution in [0.25, 0.3) is 0 Å². The zero-order valence-electron chi connectivity index (χ0n) is 15.8. The first-order valence-corrected chi connectivity index (χ1v) is 9.30. The lowest BCUT2D eigenvalue weighted by molar-refractivity contribution is -0.274. The molecule has 1 atom stereocenters. The molecule has 0 spiro atoms. The van der Waals surface area contributed by atoms with Gasteiger partial charge in [0.25, 0.3) is 0 Å². The molecule has 1 aliphatic rings. The zero-order valence-corrected chi connectivity index (χ0v) is 15.8. The number of alkyl halides is 3. The Morgan fingerprint density at radius 2 is 2.00 bits per heavy atom. The van der Waals surface area contributed by atoms with Gasteiger partial charge in [-0.05, 0) is 49.7 Å². The van der Waals surface area contributed by atoms with Crippen LogP contribution in [0.1, 0.15) is 12.0 Å². The summed E-state index contributed by atoms with van der Waals surface area (Å²) >= 11 is 0. The van der Waals surface area contributed by atoms with Crippen molar-refractivity contribution in [1.29, 1.82) is 0 Å². The van der Waals surface area contributed by atoms with Crippen LogP contribution < -0.4 is 10.1 Å². The first kappa shape index (κ1) is 20.4. The first-order chi connectivity index (χ1) is 13.4. The maximum Gasteiger partial charge on any atom is 0.573 e. The van der Waals surface area contributed by atoms with Crippen molar-refractivity contribution in [2.45, 2.75) is 25.2 Å². The molecule has 152 valence electrons. The number of nitrogens with one attached hydrogen (secondary N) is 1.